The van der Waals surface area contributed by atoms with E-state index in [9.17, 15) is 9.90 Å². The number of aromatic nitrogens is 1. The third-order valence-corrected chi connectivity index (χ3v) is 9.69. The summed E-state index contributed by atoms with van der Waals surface area (Å²) in [6, 6.07) is 12.6. The summed E-state index contributed by atoms with van der Waals surface area (Å²) in [5.74, 6) is 1.31. The fraction of sp³-hybridized carbons (Fsp3) is 0.500. The largest absolute Gasteiger partial charge is 0.512 e. The van der Waals surface area contributed by atoms with Gasteiger partial charge in [-0.2, -0.15) is 0 Å². The summed E-state index contributed by atoms with van der Waals surface area (Å²) in [7, 11) is 0. The Morgan fingerprint density at radius 3 is 2.04 bits per heavy atom. The second kappa shape index (κ2) is 14.8. The van der Waals surface area contributed by atoms with E-state index in [0.29, 0.717) is 11.8 Å². The number of benzene rings is 2. The molecule has 0 fully saturated rings. The number of nitrogens with zero attached hydrogens (tertiary/aromatic N) is 1. The number of rotatable bonds is 9. The van der Waals surface area contributed by atoms with Gasteiger partial charge in [-0.15, -0.1) is 17.7 Å². The van der Waals surface area contributed by atoms with Crippen molar-refractivity contribution in [3.8, 4) is 11.3 Å². The van der Waals surface area contributed by atoms with E-state index >= 15 is 0 Å². The molecule has 1 radical (unpaired) electrons. The summed E-state index contributed by atoms with van der Waals surface area (Å²) in [5, 5.41) is 12.2. The smallest absolute Gasteiger partial charge is 0.162 e. The van der Waals surface area contributed by atoms with Crippen molar-refractivity contribution in [1.29, 1.82) is 0 Å². The molecule has 0 atom stereocenters. The maximum absolute atomic E-state index is 11.7. The molecule has 0 saturated carbocycles. The molecule has 245 valence electrons. The molecule has 0 amide bonds. The summed E-state index contributed by atoms with van der Waals surface area (Å²) >= 11 is 0. The van der Waals surface area contributed by atoms with Gasteiger partial charge in [0.15, 0.2) is 5.78 Å². The number of hydrogen-bond donors (Lipinski definition) is 1. The van der Waals surface area contributed by atoms with Gasteiger partial charge in [-0.25, -0.2) is 0 Å². The molecular weight excluding hydrogens is 735 g/mol. The van der Waals surface area contributed by atoms with Gasteiger partial charge in [0.2, 0.25) is 0 Å². The SMILES string of the molecule is CCC(CC)C(=O)/C=C(\O)C(CC)CC.Cc1cnc2c(c1)C(C)(C)c1ccc(C(C)C)c3oc4c(C(C)C)c[c-]c-2c4c13.[Ir]. The molecule has 0 aliphatic heterocycles. The molecular formula is C40H52IrNO3-. The number of fused-ring (bicyclic) bond motifs is 2. The number of carbonyl (C=O) groups excluding carboxylic acids is 1. The molecule has 5 rings (SSSR count). The van der Waals surface area contributed by atoms with Crippen LogP contribution in [-0.2, 0) is 30.3 Å². The standard InChI is InChI=1S/C27H28NO.C13H24O2.Ir/c1-14(2)17-8-9-19-22-23-20(11-10-18(15(3)4)26(23)29-25(17)22)27(6,7)21-12-16(5)13-28-24(19)21;1-5-10(6-2)12(14)9-13(15)11(7-3)8-4;/h8,10-15H,1-7H3;9-11,14H,5-8H2,1-4H3;/q-1;;/b;12-9-;. The average molecular weight is 787 g/mol. The molecule has 1 aliphatic carbocycles. The maximum atomic E-state index is 11.7. The minimum absolute atomic E-state index is 0. The van der Waals surface area contributed by atoms with Gasteiger partial charge >= 0.3 is 0 Å². The first-order chi connectivity index (χ1) is 20.8. The third-order valence-electron chi connectivity index (χ3n) is 9.69. The Kier molecular flexibility index (Phi) is 12.1. The number of carbonyl (C=O) groups is 1. The zero-order chi connectivity index (χ0) is 32.5. The first-order valence-corrected chi connectivity index (χ1v) is 16.7. The van der Waals surface area contributed by atoms with Crippen LogP contribution in [-0.4, -0.2) is 15.9 Å². The summed E-state index contributed by atoms with van der Waals surface area (Å²) < 4.78 is 6.68. The zero-order valence-corrected chi connectivity index (χ0v) is 31.5. The number of ketones is 1. The fourth-order valence-corrected chi connectivity index (χ4v) is 6.71. The van der Waals surface area contributed by atoms with E-state index < -0.39 is 0 Å². The van der Waals surface area contributed by atoms with E-state index in [-0.39, 0.29) is 48.9 Å². The monoisotopic (exact) mass is 787 g/mol. The van der Waals surface area contributed by atoms with Crippen LogP contribution in [0, 0.1) is 24.8 Å². The van der Waals surface area contributed by atoms with Crippen LogP contribution in [0.25, 0.3) is 33.2 Å². The van der Waals surface area contributed by atoms with Crippen molar-refractivity contribution in [2.75, 3.05) is 0 Å². The predicted octanol–water partition coefficient (Wildman–Crippen LogP) is 11.5. The van der Waals surface area contributed by atoms with E-state index in [4.69, 9.17) is 9.40 Å². The Morgan fingerprint density at radius 1 is 0.911 bits per heavy atom. The Labute approximate surface area is 284 Å². The first-order valence-electron chi connectivity index (χ1n) is 16.7. The van der Waals surface area contributed by atoms with Gasteiger partial charge in [-0.3, -0.25) is 4.79 Å². The van der Waals surface area contributed by atoms with Gasteiger partial charge in [0.05, 0.1) is 11.3 Å². The van der Waals surface area contributed by atoms with Crippen LogP contribution >= 0.6 is 0 Å². The van der Waals surface area contributed by atoms with E-state index in [2.05, 4.69) is 78.8 Å². The number of aryl methyl sites for hydroxylation is 1. The number of pyridine rings is 1. The Bertz CT molecular complexity index is 1680. The van der Waals surface area contributed by atoms with Crippen molar-refractivity contribution >= 4 is 27.7 Å². The molecule has 0 saturated heterocycles. The molecule has 45 heavy (non-hydrogen) atoms. The molecule has 4 nitrogen and oxygen atoms in total. The number of aliphatic hydroxyl groups excluding tert-OH is 1. The molecule has 5 heteroatoms. The van der Waals surface area contributed by atoms with E-state index in [0.717, 1.165) is 48.1 Å². The van der Waals surface area contributed by atoms with E-state index in [1.165, 1.54) is 44.7 Å². The van der Waals surface area contributed by atoms with E-state index in [1.54, 1.807) is 0 Å². The topological polar surface area (TPSA) is 63.3 Å². The molecule has 1 N–H and O–H groups in total. The quantitative estimate of drug-likeness (QED) is 0.104. The predicted molar refractivity (Wildman–Crippen MR) is 185 cm³/mol. The average Bonchev–Trinajstić information content (AvgIpc) is 3.34. The van der Waals surface area contributed by atoms with Crippen molar-refractivity contribution in [3.05, 3.63) is 76.2 Å². The van der Waals surface area contributed by atoms with Crippen LogP contribution in [0.1, 0.15) is 135 Å². The Morgan fingerprint density at radius 2 is 1.49 bits per heavy atom. The molecule has 2 aromatic heterocycles. The molecule has 0 unspecified atom stereocenters. The summed E-state index contributed by atoms with van der Waals surface area (Å²) in [6.07, 6.45) is 6.88. The van der Waals surface area contributed by atoms with Gasteiger partial charge in [-0.1, -0.05) is 110 Å². The van der Waals surface area contributed by atoms with E-state index in [1.807, 2.05) is 33.9 Å². The Hall–Kier alpha value is -2.75. The van der Waals surface area contributed by atoms with Gasteiger partial charge in [-0.05, 0) is 66.3 Å². The van der Waals surface area contributed by atoms with Crippen molar-refractivity contribution < 1.29 is 34.4 Å². The second-order valence-electron chi connectivity index (χ2n) is 13.7. The van der Waals surface area contributed by atoms with Crippen molar-refractivity contribution in [2.45, 2.75) is 119 Å². The summed E-state index contributed by atoms with van der Waals surface area (Å²) in [6.45, 7) is 23.7. The minimum Gasteiger partial charge on any atom is -0.512 e. The molecule has 2 aromatic carbocycles. The summed E-state index contributed by atoms with van der Waals surface area (Å²) in [5.41, 5.74) is 10.2. The van der Waals surface area contributed by atoms with Gasteiger partial charge in [0.1, 0.15) is 5.58 Å². The first kappa shape index (κ1) is 36.7. The molecule has 2 heterocycles. The van der Waals surface area contributed by atoms with Crippen LogP contribution in [0.15, 0.2) is 46.7 Å². The molecule has 1 aliphatic rings. The van der Waals surface area contributed by atoms with Crippen LogP contribution in [0.2, 0.25) is 0 Å². The number of furan rings is 1. The number of allylic oxidation sites excluding steroid dienone is 2. The van der Waals surface area contributed by atoms with Crippen LogP contribution in [0.3, 0.4) is 0 Å². The van der Waals surface area contributed by atoms with Crippen molar-refractivity contribution in [2.24, 2.45) is 11.8 Å². The zero-order valence-electron chi connectivity index (χ0n) is 29.1. The van der Waals surface area contributed by atoms with Crippen molar-refractivity contribution in [1.82, 2.24) is 4.98 Å². The second-order valence-corrected chi connectivity index (χ2v) is 13.7. The van der Waals surface area contributed by atoms with Crippen LogP contribution in [0.5, 0.6) is 0 Å². The number of hydrogen-bond acceptors (Lipinski definition) is 4. The number of aliphatic hydroxyl groups is 1. The van der Waals surface area contributed by atoms with Gasteiger partial charge in [0, 0.05) is 49.6 Å². The third kappa shape index (κ3) is 6.86. The molecule has 0 bridgehead atoms. The maximum Gasteiger partial charge on any atom is 0.162 e. The normalized spacial score (nSPS) is 13.8. The molecule has 0 spiro atoms. The molecule has 4 aromatic rings. The van der Waals surface area contributed by atoms with Crippen molar-refractivity contribution in [3.63, 3.8) is 0 Å². The van der Waals surface area contributed by atoms with Crippen LogP contribution < -0.4 is 0 Å². The minimum atomic E-state index is -0.177. The Balaban J connectivity index is 0.000000297. The summed E-state index contributed by atoms with van der Waals surface area (Å²) in [4.78, 5) is 16.6. The van der Waals surface area contributed by atoms with Gasteiger partial charge in [0.25, 0.3) is 0 Å². The van der Waals surface area contributed by atoms with Crippen LogP contribution in [0.4, 0.5) is 0 Å². The van der Waals surface area contributed by atoms with Gasteiger partial charge < -0.3 is 14.5 Å². The fourth-order valence-electron chi connectivity index (χ4n) is 6.71.